The van der Waals surface area contributed by atoms with E-state index in [1.165, 1.54) is 15.3 Å². The third-order valence-electron chi connectivity index (χ3n) is 5.51. The molecule has 8 heteroatoms. The maximum absolute atomic E-state index is 12.2. The number of nitriles is 1. The molecule has 6 nitrogen and oxygen atoms in total. The first-order valence-corrected chi connectivity index (χ1v) is 11.9. The van der Waals surface area contributed by atoms with E-state index in [4.69, 9.17) is 14.7 Å². The van der Waals surface area contributed by atoms with Gasteiger partial charge in [0.05, 0.1) is 34.5 Å². The highest BCUT2D eigenvalue weighted by molar-refractivity contribution is 7.18. The van der Waals surface area contributed by atoms with E-state index in [0.29, 0.717) is 18.2 Å². The summed E-state index contributed by atoms with van der Waals surface area (Å²) < 4.78 is 6.80. The van der Waals surface area contributed by atoms with E-state index in [0.717, 1.165) is 34.5 Å². The van der Waals surface area contributed by atoms with Crippen LogP contribution in [0.25, 0.3) is 20.7 Å². The maximum Gasteiger partial charge on any atom is 0.223 e. The van der Waals surface area contributed by atoms with Gasteiger partial charge in [0.2, 0.25) is 11.8 Å². The van der Waals surface area contributed by atoms with Gasteiger partial charge in [-0.05, 0) is 49.1 Å². The van der Waals surface area contributed by atoms with Gasteiger partial charge in [-0.2, -0.15) is 5.26 Å². The first kappa shape index (κ1) is 20.0. The number of aryl methyl sites for hydroxylation is 1. The number of nitrogens with zero attached hydrogens (tertiary/aromatic N) is 4. The highest BCUT2D eigenvalue weighted by Gasteiger charge is 2.44. The average Bonchev–Trinajstić information content (AvgIpc) is 3.13. The van der Waals surface area contributed by atoms with E-state index in [-0.39, 0.29) is 18.6 Å². The summed E-state index contributed by atoms with van der Waals surface area (Å²) in [5, 5.41) is 18.1. The van der Waals surface area contributed by atoms with E-state index in [1.807, 2.05) is 11.3 Å². The summed E-state index contributed by atoms with van der Waals surface area (Å²) in [7, 11) is 0. The fourth-order valence-corrected chi connectivity index (χ4v) is 5.51. The Morgan fingerprint density at radius 2 is 2.03 bits per heavy atom. The molecule has 0 unspecified atom stereocenters. The molecule has 156 valence electrons. The lowest BCUT2D eigenvalue weighted by Gasteiger charge is -2.01. The number of Topliss-reactive ketones (excluding diaryl/α,β-unsaturated/α-hetero) is 1. The van der Waals surface area contributed by atoms with Crippen molar-refractivity contribution in [2.24, 2.45) is 5.41 Å². The zero-order chi connectivity index (χ0) is 21.4. The molecule has 3 aromatic heterocycles. The number of carbonyl (C=O) groups is 1. The molecular formula is C23H20N4O2S2. The number of hydrogen-bond acceptors (Lipinski definition) is 8. The Morgan fingerprint density at radius 1 is 1.19 bits per heavy atom. The fraction of sp³-hybridized carbons (Fsp3) is 0.348. The first-order chi connectivity index (χ1) is 15.1. The molecule has 1 aliphatic rings. The van der Waals surface area contributed by atoms with Crippen molar-refractivity contribution in [3.63, 3.8) is 0 Å². The number of thiazole rings is 1. The van der Waals surface area contributed by atoms with Gasteiger partial charge in [0.1, 0.15) is 10.8 Å². The summed E-state index contributed by atoms with van der Waals surface area (Å²) in [6.07, 6.45) is 3.45. The van der Waals surface area contributed by atoms with Crippen LogP contribution in [0.2, 0.25) is 0 Å². The minimum absolute atomic E-state index is 0.0263. The average molecular weight is 449 g/mol. The van der Waals surface area contributed by atoms with Crippen LogP contribution in [0.5, 0.6) is 0 Å². The van der Waals surface area contributed by atoms with Crippen molar-refractivity contribution >= 4 is 38.7 Å². The van der Waals surface area contributed by atoms with Crippen molar-refractivity contribution in [1.29, 1.82) is 5.26 Å². The Morgan fingerprint density at radius 3 is 2.77 bits per heavy atom. The lowest BCUT2D eigenvalue weighted by molar-refractivity contribution is -0.119. The highest BCUT2D eigenvalue weighted by Crippen LogP contribution is 2.48. The van der Waals surface area contributed by atoms with Crippen LogP contribution < -0.4 is 0 Å². The van der Waals surface area contributed by atoms with Crippen molar-refractivity contribution in [2.45, 2.75) is 45.4 Å². The van der Waals surface area contributed by atoms with Gasteiger partial charge in [-0.3, -0.25) is 4.79 Å². The number of hydrogen-bond donors (Lipinski definition) is 0. The van der Waals surface area contributed by atoms with E-state index < -0.39 is 5.41 Å². The van der Waals surface area contributed by atoms with Gasteiger partial charge >= 0.3 is 0 Å². The fourth-order valence-electron chi connectivity index (χ4n) is 3.57. The Kier molecular flexibility index (Phi) is 5.16. The third-order valence-corrected chi connectivity index (χ3v) is 7.81. The second-order valence-corrected chi connectivity index (χ2v) is 10.2. The summed E-state index contributed by atoms with van der Waals surface area (Å²) >= 11 is 3.44. The molecule has 0 amide bonds. The number of ketones is 1. The SMILES string of the molecule is CCc1ccc(-c2ccc3nc(Cc4nnc(CC(=O)CC5(C#N)CC5)o4)sc3c2)s1. The summed E-state index contributed by atoms with van der Waals surface area (Å²) in [6.45, 7) is 2.17. The van der Waals surface area contributed by atoms with Gasteiger partial charge in [-0.1, -0.05) is 13.0 Å². The summed E-state index contributed by atoms with van der Waals surface area (Å²) in [6, 6.07) is 13.0. The van der Waals surface area contributed by atoms with Crippen LogP contribution in [0.3, 0.4) is 0 Å². The summed E-state index contributed by atoms with van der Waals surface area (Å²) in [5.74, 6) is 0.734. The molecule has 0 spiro atoms. The third kappa shape index (κ3) is 4.29. The molecule has 0 atom stereocenters. The Labute approximate surface area is 187 Å². The molecule has 0 radical (unpaired) electrons. The van der Waals surface area contributed by atoms with Crippen molar-refractivity contribution in [1.82, 2.24) is 15.2 Å². The van der Waals surface area contributed by atoms with E-state index in [9.17, 15) is 4.79 Å². The smallest absolute Gasteiger partial charge is 0.223 e. The molecule has 31 heavy (non-hydrogen) atoms. The highest BCUT2D eigenvalue weighted by atomic mass is 32.1. The van der Waals surface area contributed by atoms with Gasteiger partial charge in [-0.25, -0.2) is 4.98 Å². The minimum atomic E-state index is -0.443. The zero-order valence-corrected chi connectivity index (χ0v) is 18.7. The largest absolute Gasteiger partial charge is 0.424 e. The Hall–Kier alpha value is -2.89. The van der Waals surface area contributed by atoms with Crippen LogP contribution in [0, 0.1) is 16.7 Å². The lowest BCUT2D eigenvalue weighted by atomic mass is 10.00. The normalized spacial score (nSPS) is 14.6. The van der Waals surface area contributed by atoms with Crippen molar-refractivity contribution in [2.75, 3.05) is 0 Å². The number of carbonyl (C=O) groups excluding carboxylic acids is 1. The molecular weight excluding hydrogens is 428 g/mol. The standard InChI is InChI=1S/C23H20N4O2S2/c1-2-16-4-6-18(30-16)14-3-5-17-19(9-14)31-22(25-17)11-21-27-26-20(29-21)10-15(28)12-23(13-24)7-8-23/h3-6,9H,2,7-8,10-12H2,1H3. The quantitative estimate of drug-likeness (QED) is 0.360. The van der Waals surface area contributed by atoms with Gasteiger partial charge in [0.25, 0.3) is 0 Å². The number of benzene rings is 1. The number of aromatic nitrogens is 3. The summed E-state index contributed by atoms with van der Waals surface area (Å²) in [4.78, 5) is 19.5. The van der Waals surface area contributed by atoms with Crippen LogP contribution in [-0.4, -0.2) is 21.0 Å². The molecule has 1 fully saturated rings. The van der Waals surface area contributed by atoms with Gasteiger partial charge < -0.3 is 4.42 Å². The van der Waals surface area contributed by atoms with E-state index >= 15 is 0 Å². The summed E-state index contributed by atoms with van der Waals surface area (Å²) in [5.41, 5.74) is 1.72. The topological polar surface area (TPSA) is 92.7 Å². The van der Waals surface area contributed by atoms with Crippen LogP contribution in [0.1, 0.15) is 47.9 Å². The van der Waals surface area contributed by atoms with Gasteiger partial charge in [-0.15, -0.1) is 32.9 Å². The maximum atomic E-state index is 12.2. The van der Waals surface area contributed by atoms with E-state index in [1.54, 1.807) is 11.3 Å². The molecule has 0 saturated heterocycles. The van der Waals surface area contributed by atoms with Crippen LogP contribution in [0.15, 0.2) is 34.7 Å². The monoisotopic (exact) mass is 448 g/mol. The zero-order valence-electron chi connectivity index (χ0n) is 17.1. The molecule has 0 N–H and O–H groups in total. The van der Waals surface area contributed by atoms with Crippen molar-refractivity contribution < 1.29 is 9.21 Å². The predicted molar refractivity (Wildman–Crippen MR) is 120 cm³/mol. The molecule has 5 rings (SSSR count). The molecule has 3 heterocycles. The number of rotatable bonds is 8. The molecule has 4 aromatic rings. The van der Waals surface area contributed by atoms with Crippen LogP contribution in [0.4, 0.5) is 0 Å². The molecule has 1 saturated carbocycles. The van der Waals surface area contributed by atoms with Crippen LogP contribution >= 0.6 is 22.7 Å². The van der Waals surface area contributed by atoms with Crippen molar-refractivity contribution in [3.8, 4) is 16.5 Å². The molecule has 1 aliphatic carbocycles. The molecule has 0 bridgehead atoms. The minimum Gasteiger partial charge on any atom is -0.424 e. The van der Waals surface area contributed by atoms with Gasteiger partial charge in [0, 0.05) is 16.2 Å². The second kappa shape index (κ2) is 7.98. The second-order valence-electron chi connectivity index (χ2n) is 7.96. The number of fused-ring (bicyclic) bond motifs is 1. The lowest BCUT2D eigenvalue weighted by Crippen LogP contribution is -2.10. The Bertz CT molecular complexity index is 1310. The predicted octanol–water partition coefficient (Wildman–Crippen LogP) is 5.37. The Balaban J connectivity index is 1.27. The van der Waals surface area contributed by atoms with Crippen molar-refractivity contribution in [3.05, 3.63) is 52.0 Å². The number of thiophene rings is 1. The van der Waals surface area contributed by atoms with Crippen LogP contribution in [-0.2, 0) is 24.1 Å². The van der Waals surface area contributed by atoms with E-state index in [2.05, 4.69) is 53.5 Å². The molecule has 0 aliphatic heterocycles. The first-order valence-electron chi connectivity index (χ1n) is 10.3. The molecule has 1 aromatic carbocycles. The van der Waals surface area contributed by atoms with Gasteiger partial charge in [0.15, 0.2) is 0 Å².